The smallest absolute Gasteiger partial charge is 0 e. The number of rotatable bonds is 6. The molecule has 3 nitrogen and oxygen atoms in total. The summed E-state index contributed by atoms with van der Waals surface area (Å²) >= 11 is -0.0814. The Balaban J connectivity index is 0.000000233. The van der Waals surface area contributed by atoms with Crippen LogP contribution in [0.1, 0.15) is 62.7 Å². The van der Waals surface area contributed by atoms with Gasteiger partial charge < -0.3 is 4.98 Å². The topological polar surface area (TPSA) is 49.6 Å². The molecule has 0 bridgehead atoms. The summed E-state index contributed by atoms with van der Waals surface area (Å²) in [4.78, 5) is 9.07. The Morgan fingerprint density at radius 3 is 2.33 bits per heavy atom. The predicted octanol–water partition coefficient (Wildman–Crippen LogP) is 12.7. The van der Waals surface area contributed by atoms with E-state index in [0.717, 1.165) is 47.2 Å². The normalized spacial score (nSPS) is 14.0. The molecule has 1 radical (unpaired) electrons. The molecule has 1 saturated carbocycles. The van der Waals surface area contributed by atoms with Crippen molar-refractivity contribution >= 4 is 49.2 Å². The van der Waals surface area contributed by atoms with Gasteiger partial charge in [-0.15, -0.1) is 23.8 Å². The van der Waals surface area contributed by atoms with Crippen LogP contribution in [-0.4, -0.2) is 23.2 Å². The van der Waals surface area contributed by atoms with Gasteiger partial charge in [0.2, 0.25) is 0 Å². The van der Waals surface area contributed by atoms with Gasteiger partial charge in [0.15, 0.2) is 0 Å². The first kappa shape index (κ1) is 37.9. The molecule has 0 saturated heterocycles. The number of hydrogen-bond acceptors (Lipinski definition) is 4. The van der Waals surface area contributed by atoms with Crippen molar-refractivity contribution in [1.29, 1.82) is 5.26 Å². The fourth-order valence-corrected chi connectivity index (χ4v) is 11.0. The summed E-state index contributed by atoms with van der Waals surface area (Å²) in [5, 5.41) is 11.1. The third-order valence-corrected chi connectivity index (χ3v) is 15.8. The maximum absolute atomic E-state index is 13.5. The minimum Gasteiger partial charge on any atom is 0 e. The Morgan fingerprint density at radius 2 is 1.65 bits per heavy atom. The van der Waals surface area contributed by atoms with Gasteiger partial charge in [-0.25, -0.2) is 0 Å². The van der Waals surface area contributed by atoms with Crippen molar-refractivity contribution in [2.24, 2.45) is 5.92 Å². The quantitative estimate of drug-likeness (QED) is 0.123. The van der Waals surface area contributed by atoms with Crippen LogP contribution in [0.2, 0.25) is 17.3 Å². The van der Waals surface area contributed by atoms with Crippen LogP contribution in [0.15, 0.2) is 91.3 Å². The number of halogens is 1. The fourth-order valence-electron chi connectivity index (χ4n) is 7.56. The molecule has 0 amide bonds. The Morgan fingerprint density at radius 1 is 0.891 bits per heavy atom. The molecule has 1 aliphatic carbocycles. The monoisotopic (exact) mass is 984 g/mol. The predicted molar refractivity (Wildman–Crippen MR) is 227 cm³/mol. The van der Waals surface area contributed by atoms with Gasteiger partial charge in [-0.2, -0.15) is 11.3 Å². The van der Waals surface area contributed by atoms with Crippen molar-refractivity contribution in [1.82, 2.24) is 9.97 Å². The van der Waals surface area contributed by atoms with Gasteiger partial charge in [0.1, 0.15) is 0 Å². The molecule has 281 valence electrons. The van der Waals surface area contributed by atoms with E-state index in [1.165, 1.54) is 66.2 Å². The molecule has 7 aromatic rings. The van der Waals surface area contributed by atoms with Gasteiger partial charge in [0.05, 0.1) is 0 Å². The van der Waals surface area contributed by atoms with Crippen LogP contribution < -0.4 is 4.40 Å². The minimum atomic E-state index is -1.86. The molecule has 3 heterocycles. The summed E-state index contributed by atoms with van der Waals surface area (Å²) in [6.07, 6.45) is 7.70. The number of aromatic nitrogens is 2. The van der Waals surface area contributed by atoms with Crippen LogP contribution in [0.25, 0.3) is 53.8 Å². The van der Waals surface area contributed by atoms with Crippen LogP contribution in [0, 0.1) is 56.0 Å². The molecule has 0 spiro atoms. The van der Waals surface area contributed by atoms with Gasteiger partial charge in [0, 0.05) is 33.7 Å². The van der Waals surface area contributed by atoms with Gasteiger partial charge in [0.25, 0.3) is 0 Å². The first-order chi connectivity index (χ1) is 26.7. The Bertz CT molecular complexity index is 2580. The minimum absolute atomic E-state index is 0. The van der Waals surface area contributed by atoms with E-state index < -0.39 is 25.5 Å². The van der Waals surface area contributed by atoms with Gasteiger partial charge in [-0.3, -0.25) is 0 Å². The molecular weight excluding hydrogens is 934 g/mol. The zero-order valence-corrected chi connectivity index (χ0v) is 37.5. The first-order valence-corrected chi connectivity index (χ1v) is 26.9. The summed E-state index contributed by atoms with van der Waals surface area (Å²) in [5.74, 6) is 6.43. The van der Waals surface area contributed by atoms with Crippen molar-refractivity contribution in [3.8, 4) is 39.7 Å². The first-order valence-electron chi connectivity index (χ1n) is 19.7. The average Bonchev–Trinajstić information content (AvgIpc) is 3.56. The zero-order chi connectivity index (χ0) is 39.8. The molecule has 3 aromatic heterocycles. The molecule has 0 N–H and O–H groups in total. The van der Waals surface area contributed by atoms with Crippen LogP contribution in [0.4, 0.5) is 4.39 Å². The van der Waals surface area contributed by atoms with E-state index in [4.69, 9.17) is 13.0 Å². The molecule has 1 fully saturated rings. The maximum Gasteiger partial charge on any atom is 0 e. The standard InChI is InChI=1S/C33H32NS.C15H14FGeN2.Ir/c1-21-16-22(2)32(23(3)17-21)26-12-13-27-28-10-7-11-29(33(28)35-31(27)20-26)30-19-25(14-15-34-30)18-24-8-5-4-6-9-24;1-17(2,3)13-6-7-15(19-10-13)11-4-5-12(9-18)14(16)8-11;/h7,10,12-17,19-20,24H,4-6,8-9,18H2,1-3H3;5-8,10H,1-3H3;/q2*-1;/i18D2;;. The van der Waals surface area contributed by atoms with Crippen molar-refractivity contribution < 1.29 is 27.2 Å². The van der Waals surface area contributed by atoms with E-state index in [-0.39, 0.29) is 31.6 Å². The molecular formula is C48H46FGeIrN3S-2. The zero-order valence-electron chi connectivity index (χ0n) is 34.2. The van der Waals surface area contributed by atoms with Crippen molar-refractivity contribution in [3.05, 3.63) is 137 Å². The summed E-state index contributed by atoms with van der Waals surface area (Å²) in [5.41, 5.74) is 10.2. The van der Waals surface area contributed by atoms with Gasteiger partial charge in [-0.05, 0) is 83.2 Å². The molecule has 7 heteroatoms. The number of benzene rings is 4. The second-order valence-electron chi connectivity index (χ2n) is 15.5. The second kappa shape index (κ2) is 17.4. The number of aryl methyl sites for hydroxylation is 3. The summed E-state index contributed by atoms with van der Waals surface area (Å²) in [6.45, 7) is 6.55. The third kappa shape index (κ3) is 9.19. The fraction of sp³-hybridized carbons (Fsp3) is 0.271. The van der Waals surface area contributed by atoms with E-state index in [1.807, 2.05) is 30.5 Å². The SMILES string of the molecule is [2H]C([2H])(c1ccnc(-c2[c-]ccc3c2sc2cc(-c4c(C)cc(C)cc4C)ccc23)c1)C1CCCCC1.[CH3][Ge]([CH3])([CH3])[c]1ccc(-c2[c-]cc(C#N)c(F)c2)nc1.[Ir]. The Kier molecular flexibility index (Phi) is 12.0. The number of pyridine rings is 2. The van der Waals surface area contributed by atoms with Crippen molar-refractivity contribution in [3.63, 3.8) is 0 Å². The second-order valence-corrected chi connectivity index (χ2v) is 27.2. The number of nitrogens with zero attached hydrogens (tertiary/aromatic N) is 3. The Labute approximate surface area is 348 Å². The van der Waals surface area contributed by atoms with Crippen LogP contribution >= 0.6 is 11.3 Å². The van der Waals surface area contributed by atoms with Crippen LogP contribution in [-0.2, 0) is 26.5 Å². The van der Waals surface area contributed by atoms with Crippen LogP contribution in [0.5, 0.6) is 0 Å². The third-order valence-electron chi connectivity index (χ3n) is 10.3. The summed E-state index contributed by atoms with van der Waals surface area (Å²) in [7, 11) is 0. The number of thiophene rings is 1. The van der Waals surface area contributed by atoms with E-state index in [9.17, 15) is 4.39 Å². The van der Waals surface area contributed by atoms with Gasteiger partial charge in [-0.1, -0.05) is 78.9 Å². The summed E-state index contributed by atoms with van der Waals surface area (Å²) < 4.78 is 35.2. The molecule has 4 aromatic carbocycles. The van der Waals surface area contributed by atoms with E-state index in [1.54, 1.807) is 23.6 Å². The van der Waals surface area contributed by atoms with E-state index in [0.29, 0.717) is 11.3 Å². The molecule has 0 atom stereocenters. The summed E-state index contributed by atoms with van der Waals surface area (Å²) in [6, 6.07) is 34.0. The van der Waals surface area contributed by atoms with E-state index >= 15 is 0 Å². The van der Waals surface area contributed by atoms with Crippen molar-refractivity contribution in [2.45, 2.75) is 76.5 Å². The molecule has 55 heavy (non-hydrogen) atoms. The number of nitriles is 1. The van der Waals surface area contributed by atoms with E-state index in [2.05, 4.69) is 97.6 Å². The molecule has 0 unspecified atom stereocenters. The molecule has 8 rings (SSSR count). The van der Waals surface area contributed by atoms with Crippen LogP contribution in [0.3, 0.4) is 0 Å². The maximum atomic E-state index is 13.5. The average molecular weight is 983 g/mol. The molecule has 1 aliphatic rings. The van der Waals surface area contributed by atoms with Gasteiger partial charge >= 0.3 is 115 Å². The van der Waals surface area contributed by atoms with Crippen molar-refractivity contribution in [2.75, 3.05) is 0 Å². The Hall–Kier alpha value is -3.99. The molecule has 0 aliphatic heterocycles. The number of fused-ring (bicyclic) bond motifs is 3. The largest absolute Gasteiger partial charge is 0 e. The number of hydrogen-bond donors (Lipinski definition) is 0.